The molecule has 0 bridgehead atoms. The van der Waals surface area contributed by atoms with Crippen molar-refractivity contribution in [2.24, 2.45) is 0 Å². The summed E-state index contributed by atoms with van der Waals surface area (Å²) >= 11 is 1.20. The zero-order valence-electron chi connectivity index (χ0n) is 22.0. The van der Waals surface area contributed by atoms with Gasteiger partial charge in [0.25, 0.3) is 0 Å². The monoisotopic (exact) mass is 594 g/mol. The fraction of sp³-hybridized carbons (Fsp3) is 0.407. The van der Waals surface area contributed by atoms with Crippen molar-refractivity contribution >= 4 is 27.0 Å². The van der Waals surface area contributed by atoms with Gasteiger partial charge in [0.1, 0.15) is 16.4 Å². The largest absolute Gasteiger partial charge is 0.573 e. The third-order valence-corrected chi connectivity index (χ3v) is 9.49. The van der Waals surface area contributed by atoms with Crippen LogP contribution in [0.5, 0.6) is 5.75 Å². The predicted octanol–water partition coefficient (Wildman–Crippen LogP) is 5.14. The van der Waals surface area contributed by atoms with Crippen LogP contribution in [0.4, 0.5) is 13.2 Å². The van der Waals surface area contributed by atoms with Gasteiger partial charge in [-0.3, -0.25) is 0 Å². The van der Waals surface area contributed by atoms with E-state index in [0.29, 0.717) is 59.0 Å². The molecule has 0 radical (unpaired) electrons. The molecule has 0 aliphatic carbocycles. The van der Waals surface area contributed by atoms with Crippen molar-refractivity contribution in [3.63, 3.8) is 0 Å². The zero-order valence-corrected chi connectivity index (χ0v) is 23.6. The summed E-state index contributed by atoms with van der Waals surface area (Å²) in [5, 5.41) is 9.82. The van der Waals surface area contributed by atoms with E-state index in [1.54, 1.807) is 12.1 Å². The van der Waals surface area contributed by atoms with Crippen LogP contribution in [0.1, 0.15) is 53.1 Å². The van der Waals surface area contributed by atoms with E-state index in [1.165, 1.54) is 34.2 Å². The van der Waals surface area contributed by atoms with Gasteiger partial charge in [-0.25, -0.2) is 22.7 Å². The third-order valence-electron chi connectivity index (χ3n) is 7.16. The molecule has 0 unspecified atom stereocenters. The van der Waals surface area contributed by atoms with E-state index >= 15 is 0 Å². The van der Waals surface area contributed by atoms with Crippen molar-refractivity contribution in [3.05, 3.63) is 70.1 Å². The zero-order chi connectivity index (χ0) is 28.7. The summed E-state index contributed by atoms with van der Waals surface area (Å²) in [5.74, 6) is -0.153. The van der Waals surface area contributed by atoms with Crippen molar-refractivity contribution in [2.45, 2.75) is 51.5 Å². The molecule has 1 aromatic carbocycles. The van der Waals surface area contributed by atoms with Crippen LogP contribution in [0.25, 0.3) is 16.2 Å². The second kappa shape index (κ2) is 11.1. The molecule has 1 N–H and O–H groups in total. The van der Waals surface area contributed by atoms with Crippen molar-refractivity contribution < 1.29 is 31.4 Å². The van der Waals surface area contributed by atoms with Gasteiger partial charge in [0.05, 0.1) is 29.1 Å². The molecule has 4 heterocycles. The molecule has 0 amide bonds. The maximum absolute atomic E-state index is 13.4. The Bertz CT molecular complexity index is 1620. The Hall–Kier alpha value is -3.00. The first-order valence-corrected chi connectivity index (χ1v) is 15.5. The van der Waals surface area contributed by atoms with Crippen molar-refractivity contribution in [1.82, 2.24) is 18.7 Å². The van der Waals surface area contributed by atoms with Gasteiger partial charge in [0.15, 0.2) is 0 Å². The van der Waals surface area contributed by atoms with Crippen molar-refractivity contribution in [3.8, 4) is 16.3 Å². The standard InChI is InChI=1S/C27H29F3N4O4S2/c1-3-22-23(34-15-20(6-7-25(34)32-22)17-8-10-33(11-9-17)40(2,36)37)12-18-4-5-19(13-24(18)38-27(28,29)30)26-31-14-21(16-35)39-26/h4-7,13-15,17,35H,3,8-12,16H2,1-2H3. The first-order chi connectivity index (χ1) is 18.9. The first-order valence-electron chi connectivity index (χ1n) is 12.8. The normalized spacial score (nSPS) is 15.7. The number of aromatic nitrogens is 3. The van der Waals surface area contributed by atoms with E-state index in [-0.39, 0.29) is 24.7 Å². The fourth-order valence-corrected chi connectivity index (χ4v) is 6.78. The Morgan fingerprint density at radius 2 is 1.93 bits per heavy atom. The number of alkyl halides is 3. The van der Waals surface area contributed by atoms with Gasteiger partial charge in [0.2, 0.25) is 10.0 Å². The van der Waals surface area contributed by atoms with E-state index in [0.717, 1.165) is 17.0 Å². The number of thiazole rings is 1. The molecule has 0 saturated carbocycles. The number of aryl methyl sites for hydroxylation is 1. The number of halogens is 3. The average Bonchev–Trinajstić information content (AvgIpc) is 3.53. The number of hydrogen-bond acceptors (Lipinski definition) is 7. The third kappa shape index (κ3) is 6.17. The Morgan fingerprint density at radius 3 is 2.55 bits per heavy atom. The topological polar surface area (TPSA) is 97.0 Å². The molecule has 5 rings (SSSR count). The summed E-state index contributed by atoms with van der Waals surface area (Å²) in [6.45, 7) is 2.64. The van der Waals surface area contributed by atoms with Gasteiger partial charge in [-0.15, -0.1) is 24.5 Å². The molecule has 0 atom stereocenters. The van der Waals surface area contributed by atoms with E-state index in [4.69, 9.17) is 4.98 Å². The second-order valence-electron chi connectivity index (χ2n) is 9.82. The lowest BCUT2D eigenvalue weighted by Crippen LogP contribution is -2.37. The highest BCUT2D eigenvalue weighted by Crippen LogP contribution is 2.35. The number of rotatable bonds is 8. The number of nitrogens with zero attached hydrogens (tertiary/aromatic N) is 4. The first kappa shape index (κ1) is 28.5. The quantitative estimate of drug-likeness (QED) is 0.304. The Kier molecular flexibility index (Phi) is 7.92. The van der Waals surface area contributed by atoms with Gasteiger partial charge in [-0.05, 0) is 42.9 Å². The van der Waals surface area contributed by atoms with Gasteiger partial charge in [-0.2, -0.15) is 0 Å². The molecule has 40 heavy (non-hydrogen) atoms. The Morgan fingerprint density at radius 1 is 1.18 bits per heavy atom. The highest BCUT2D eigenvalue weighted by Gasteiger charge is 2.33. The fourth-order valence-electron chi connectivity index (χ4n) is 5.14. The molecule has 4 aromatic rings. The SMILES string of the molecule is CCc1nc2ccc(C3CCN(S(C)(=O)=O)CC3)cn2c1Cc1ccc(-c2ncc(CO)s2)cc1OC(F)(F)F. The lowest BCUT2D eigenvalue weighted by molar-refractivity contribution is -0.274. The highest BCUT2D eigenvalue weighted by molar-refractivity contribution is 7.88. The molecule has 1 fully saturated rings. The van der Waals surface area contributed by atoms with Crippen LogP contribution >= 0.6 is 11.3 Å². The van der Waals surface area contributed by atoms with Crippen LogP contribution in [-0.2, 0) is 29.5 Å². The molecular weight excluding hydrogens is 565 g/mol. The molecule has 8 nitrogen and oxygen atoms in total. The molecular formula is C27H29F3N4O4S2. The number of hydrogen-bond donors (Lipinski definition) is 1. The predicted molar refractivity (Wildman–Crippen MR) is 146 cm³/mol. The minimum atomic E-state index is -4.88. The number of pyridine rings is 1. The van der Waals surface area contributed by atoms with Crippen LogP contribution in [0.2, 0.25) is 0 Å². The molecule has 214 valence electrons. The summed E-state index contributed by atoms with van der Waals surface area (Å²) < 4.78 is 72.0. The number of aliphatic hydroxyl groups is 1. The van der Waals surface area contributed by atoms with E-state index in [9.17, 15) is 26.7 Å². The average molecular weight is 595 g/mol. The Labute approximate surface area is 234 Å². The van der Waals surface area contributed by atoms with Crippen LogP contribution in [-0.4, -0.2) is 57.9 Å². The summed E-state index contributed by atoms with van der Waals surface area (Å²) in [7, 11) is -3.23. The number of sulfonamides is 1. The summed E-state index contributed by atoms with van der Waals surface area (Å²) in [6, 6.07) is 8.54. The van der Waals surface area contributed by atoms with Crippen molar-refractivity contribution in [2.75, 3.05) is 19.3 Å². The molecule has 13 heteroatoms. The van der Waals surface area contributed by atoms with Gasteiger partial charge >= 0.3 is 6.36 Å². The molecule has 1 aliphatic rings. The van der Waals surface area contributed by atoms with E-state index < -0.39 is 16.4 Å². The minimum absolute atomic E-state index is 0.159. The van der Waals surface area contributed by atoms with E-state index in [1.807, 2.05) is 29.7 Å². The van der Waals surface area contributed by atoms with Crippen LogP contribution < -0.4 is 4.74 Å². The number of ether oxygens (including phenoxy) is 1. The number of benzene rings is 1. The maximum Gasteiger partial charge on any atom is 0.573 e. The van der Waals surface area contributed by atoms with Crippen LogP contribution in [0, 0.1) is 0 Å². The molecule has 0 spiro atoms. The lowest BCUT2D eigenvalue weighted by Gasteiger charge is -2.30. The van der Waals surface area contributed by atoms with Crippen molar-refractivity contribution in [1.29, 1.82) is 0 Å². The molecule has 1 aliphatic heterocycles. The second-order valence-corrected chi connectivity index (χ2v) is 12.9. The Balaban J connectivity index is 1.49. The van der Waals surface area contributed by atoms with Crippen LogP contribution in [0.15, 0.2) is 42.7 Å². The van der Waals surface area contributed by atoms with Crippen LogP contribution in [0.3, 0.4) is 0 Å². The molecule has 1 saturated heterocycles. The van der Waals surface area contributed by atoms with E-state index in [2.05, 4.69) is 9.72 Å². The smallest absolute Gasteiger partial charge is 0.405 e. The number of piperidine rings is 1. The summed E-state index contributed by atoms with van der Waals surface area (Å²) in [4.78, 5) is 9.54. The van der Waals surface area contributed by atoms with Gasteiger partial charge in [0, 0.05) is 43.0 Å². The molecule has 3 aromatic heterocycles. The number of fused-ring (bicyclic) bond motifs is 1. The lowest BCUT2D eigenvalue weighted by atomic mass is 9.91. The summed E-state index contributed by atoms with van der Waals surface area (Å²) in [6.07, 6.45) is 1.92. The minimum Gasteiger partial charge on any atom is -0.405 e. The summed E-state index contributed by atoms with van der Waals surface area (Å²) in [5.41, 5.74) is 4.08. The van der Waals surface area contributed by atoms with Gasteiger partial charge < -0.3 is 14.2 Å². The number of aliphatic hydroxyl groups excluding tert-OH is 1. The van der Waals surface area contributed by atoms with Gasteiger partial charge in [-0.1, -0.05) is 25.1 Å². The number of imidazole rings is 1. The highest BCUT2D eigenvalue weighted by atomic mass is 32.2. The maximum atomic E-state index is 13.4.